The summed E-state index contributed by atoms with van der Waals surface area (Å²) in [6.07, 6.45) is 4.65. The van der Waals surface area contributed by atoms with Crippen molar-refractivity contribution in [3.05, 3.63) is 59.7 Å². The van der Waals surface area contributed by atoms with Crippen molar-refractivity contribution in [2.45, 2.75) is 43.7 Å². The van der Waals surface area contributed by atoms with Crippen molar-refractivity contribution in [2.75, 3.05) is 33.9 Å². The summed E-state index contributed by atoms with van der Waals surface area (Å²) < 4.78 is 11.3. The molecule has 8 heteroatoms. The molecule has 1 saturated heterocycles. The number of nitrogens with one attached hydrogen (secondary N) is 2. The molecule has 0 spiro atoms. The molecule has 4 rings (SSSR count). The summed E-state index contributed by atoms with van der Waals surface area (Å²) in [5, 5.41) is 11.0. The Morgan fingerprint density at radius 2 is 1.76 bits per heavy atom. The number of rotatable bonds is 9. The number of piperidine rings is 1. The number of likely N-dealkylation sites (tertiary alicyclic amines) is 1. The first-order valence-corrected chi connectivity index (χ1v) is 11.8. The third-order valence-electron chi connectivity index (χ3n) is 6.91. The van der Waals surface area contributed by atoms with Crippen molar-refractivity contribution < 1.29 is 14.6 Å². The molecule has 5 N–H and O–H groups in total. The summed E-state index contributed by atoms with van der Waals surface area (Å²) in [4.78, 5) is 7.11. The number of ether oxygens (including phenoxy) is 2. The van der Waals surface area contributed by atoms with Gasteiger partial charge in [0.2, 0.25) is 0 Å². The van der Waals surface area contributed by atoms with Crippen LogP contribution in [0.4, 0.5) is 0 Å². The van der Waals surface area contributed by atoms with Crippen LogP contribution in [0.15, 0.2) is 53.5 Å². The van der Waals surface area contributed by atoms with Crippen LogP contribution in [-0.2, 0) is 6.42 Å². The van der Waals surface area contributed by atoms with Crippen LogP contribution in [0.1, 0.15) is 42.9 Å². The van der Waals surface area contributed by atoms with E-state index in [9.17, 15) is 5.11 Å². The number of aliphatic hydroxyl groups is 1. The monoisotopic (exact) mass is 467 g/mol. The highest BCUT2D eigenvalue weighted by molar-refractivity contribution is 5.88. The maximum atomic E-state index is 11.0. The Hall–Kier alpha value is -2.97. The van der Waals surface area contributed by atoms with Gasteiger partial charge in [-0.1, -0.05) is 42.5 Å². The fourth-order valence-electron chi connectivity index (χ4n) is 4.91. The van der Waals surface area contributed by atoms with Gasteiger partial charge in [0.15, 0.2) is 11.5 Å². The fraction of sp³-hybridized carbons (Fsp3) is 0.500. The average Bonchev–Trinajstić information content (AvgIpc) is 3.73. The Labute approximate surface area is 202 Å². The Bertz CT molecular complexity index is 941. The molecule has 2 aromatic rings. The molecule has 184 valence electrons. The second-order valence-electron chi connectivity index (χ2n) is 8.94. The summed E-state index contributed by atoms with van der Waals surface area (Å²) in [5.74, 6) is 2.40. The van der Waals surface area contributed by atoms with Gasteiger partial charge >= 0.3 is 0 Å². The lowest BCUT2D eigenvalue weighted by Gasteiger charge is -2.42. The number of hydrogen-bond acceptors (Lipinski definition) is 7. The molecule has 0 aromatic heterocycles. The Balaban J connectivity index is 0.00000158. The summed E-state index contributed by atoms with van der Waals surface area (Å²) in [7, 11) is 3.30. The van der Waals surface area contributed by atoms with Gasteiger partial charge in [-0.15, -0.1) is 0 Å². The fourth-order valence-corrected chi connectivity index (χ4v) is 4.91. The molecule has 2 aromatic carbocycles. The van der Waals surface area contributed by atoms with Gasteiger partial charge in [-0.3, -0.25) is 9.89 Å². The molecule has 1 unspecified atom stereocenters. The minimum Gasteiger partial charge on any atom is -0.493 e. The van der Waals surface area contributed by atoms with E-state index in [2.05, 4.69) is 17.0 Å². The molecular formula is C26H37N5O3. The van der Waals surface area contributed by atoms with Gasteiger partial charge in [0.1, 0.15) is 5.84 Å². The van der Waals surface area contributed by atoms with Crippen LogP contribution in [0.3, 0.4) is 0 Å². The molecule has 1 aliphatic carbocycles. The van der Waals surface area contributed by atoms with Crippen LogP contribution in [0.2, 0.25) is 0 Å². The van der Waals surface area contributed by atoms with E-state index in [-0.39, 0.29) is 6.04 Å². The number of nitrogens with zero attached hydrogens (tertiary/aromatic N) is 2. The first kappa shape index (κ1) is 25.6. The Morgan fingerprint density at radius 3 is 2.35 bits per heavy atom. The lowest BCUT2D eigenvalue weighted by Crippen LogP contribution is -2.49. The van der Waals surface area contributed by atoms with E-state index in [4.69, 9.17) is 31.3 Å². The van der Waals surface area contributed by atoms with Gasteiger partial charge in [0, 0.05) is 25.2 Å². The van der Waals surface area contributed by atoms with Crippen molar-refractivity contribution >= 4 is 5.84 Å². The van der Waals surface area contributed by atoms with E-state index in [1.54, 1.807) is 14.2 Å². The lowest BCUT2D eigenvalue weighted by atomic mass is 9.85. The molecular weight excluding hydrogens is 430 g/mol. The zero-order valence-corrected chi connectivity index (χ0v) is 20.2. The van der Waals surface area contributed by atoms with Crippen molar-refractivity contribution in [3.63, 3.8) is 0 Å². The number of para-hydroxylation sites is 1. The highest BCUT2D eigenvalue weighted by Gasteiger charge is 2.46. The Morgan fingerprint density at radius 1 is 1.09 bits per heavy atom. The van der Waals surface area contributed by atoms with Crippen molar-refractivity contribution in [1.29, 1.82) is 11.1 Å². The summed E-state index contributed by atoms with van der Waals surface area (Å²) in [6.45, 7) is 2.17. The van der Waals surface area contributed by atoms with E-state index < -0.39 is 5.60 Å². The van der Waals surface area contributed by atoms with Gasteiger partial charge in [-0.25, -0.2) is 11.1 Å². The predicted octanol–water partition coefficient (Wildman–Crippen LogP) is 4.18. The summed E-state index contributed by atoms with van der Waals surface area (Å²) in [6, 6.07) is 16.0. The minimum atomic E-state index is -0.529. The van der Waals surface area contributed by atoms with Crippen LogP contribution in [0, 0.1) is 17.0 Å². The summed E-state index contributed by atoms with van der Waals surface area (Å²) in [5.41, 5.74) is 18.3. The SMILES string of the molecule is COc1cccc(C(C(N)=NCCc2ccccc2)N2CCC(O)(C3CC3)CC2)c1OC.N=N. The third kappa shape index (κ3) is 5.93. The minimum absolute atomic E-state index is 0.223. The molecule has 8 nitrogen and oxygen atoms in total. The number of hydrogen-bond donors (Lipinski definition) is 4. The first-order chi connectivity index (χ1) is 16.6. The van der Waals surface area contributed by atoms with Gasteiger partial charge in [-0.2, -0.15) is 0 Å². The highest BCUT2D eigenvalue weighted by Crippen LogP contribution is 2.46. The maximum absolute atomic E-state index is 11.0. The summed E-state index contributed by atoms with van der Waals surface area (Å²) >= 11 is 0. The largest absolute Gasteiger partial charge is 0.493 e. The van der Waals surface area contributed by atoms with Crippen LogP contribution in [0.5, 0.6) is 11.5 Å². The van der Waals surface area contributed by atoms with Crippen molar-refractivity contribution in [1.82, 2.24) is 4.90 Å². The molecule has 2 fully saturated rings. The molecule has 0 radical (unpaired) electrons. The zero-order valence-electron chi connectivity index (χ0n) is 20.2. The number of aliphatic imine (C=N–C) groups is 1. The molecule has 34 heavy (non-hydrogen) atoms. The highest BCUT2D eigenvalue weighted by atomic mass is 16.5. The topological polar surface area (TPSA) is 128 Å². The van der Waals surface area contributed by atoms with Crippen LogP contribution >= 0.6 is 0 Å². The second kappa shape index (κ2) is 11.9. The smallest absolute Gasteiger partial charge is 0.165 e. The molecule has 1 atom stereocenters. The maximum Gasteiger partial charge on any atom is 0.165 e. The molecule has 0 amide bonds. The zero-order chi connectivity index (χ0) is 24.6. The molecule has 1 aliphatic heterocycles. The second-order valence-corrected chi connectivity index (χ2v) is 8.94. The van der Waals surface area contributed by atoms with Crippen LogP contribution < -0.4 is 15.2 Å². The normalized spacial score (nSPS) is 19.0. The molecule has 1 heterocycles. The van der Waals surface area contributed by atoms with Crippen molar-refractivity contribution in [3.8, 4) is 11.5 Å². The van der Waals surface area contributed by atoms with Crippen LogP contribution in [-0.4, -0.2) is 55.3 Å². The number of benzene rings is 2. The van der Waals surface area contributed by atoms with E-state index in [1.807, 2.05) is 36.4 Å². The third-order valence-corrected chi connectivity index (χ3v) is 6.91. The van der Waals surface area contributed by atoms with E-state index >= 15 is 0 Å². The van der Waals surface area contributed by atoms with Gasteiger partial charge in [0.05, 0.1) is 25.9 Å². The lowest BCUT2D eigenvalue weighted by molar-refractivity contribution is -0.0430. The number of amidine groups is 1. The number of nitrogens with two attached hydrogens (primary N) is 1. The van der Waals surface area contributed by atoms with Gasteiger partial charge < -0.3 is 20.3 Å². The Kier molecular flexibility index (Phi) is 9.01. The molecule has 0 bridgehead atoms. The van der Waals surface area contributed by atoms with E-state index in [0.717, 1.165) is 50.8 Å². The van der Waals surface area contributed by atoms with Crippen LogP contribution in [0.25, 0.3) is 0 Å². The van der Waals surface area contributed by atoms with E-state index in [0.29, 0.717) is 29.8 Å². The quantitative estimate of drug-likeness (QED) is 0.250. The van der Waals surface area contributed by atoms with Gasteiger partial charge in [0.25, 0.3) is 0 Å². The molecule has 1 saturated carbocycles. The average molecular weight is 468 g/mol. The van der Waals surface area contributed by atoms with Gasteiger partial charge in [-0.05, 0) is 49.7 Å². The van der Waals surface area contributed by atoms with Crippen molar-refractivity contribution in [2.24, 2.45) is 16.6 Å². The number of methoxy groups -OCH3 is 2. The van der Waals surface area contributed by atoms with E-state index in [1.165, 1.54) is 5.56 Å². The standard InChI is InChI=1S/C26H35N3O3.H2N2/c1-31-22-10-6-9-21(24(22)32-2)23(25(27)28-16-13-19-7-4-3-5-8-19)29-17-14-26(30,15-18-29)20-11-12-20;1-2/h3-10,20,23,30H,11-18H2,1-2H3,(H2,27,28);1-2H. The first-order valence-electron chi connectivity index (χ1n) is 11.8. The predicted molar refractivity (Wildman–Crippen MR) is 133 cm³/mol. The molecule has 2 aliphatic rings.